The Morgan fingerprint density at radius 1 is 0.759 bits per heavy atom. The highest BCUT2D eigenvalue weighted by molar-refractivity contribution is 5.88. The Labute approximate surface area is 169 Å². The van der Waals surface area contributed by atoms with E-state index in [-0.39, 0.29) is 25.7 Å². The van der Waals surface area contributed by atoms with E-state index in [4.69, 9.17) is 0 Å². The second-order valence-corrected chi connectivity index (χ2v) is 11.0. The lowest BCUT2D eigenvalue weighted by Crippen LogP contribution is -2.87. The van der Waals surface area contributed by atoms with E-state index < -0.39 is 51.3 Å². The Bertz CT molecular complexity index is 755. The zero-order valence-corrected chi connectivity index (χ0v) is 18.1. The van der Waals surface area contributed by atoms with Gasteiger partial charge in [-0.3, -0.25) is 14.5 Å². The lowest BCUT2D eigenvalue weighted by molar-refractivity contribution is -0.389. The third-order valence-electron chi connectivity index (χ3n) is 6.68. The third-order valence-corrected chi connectivity index (χ3v) is 6.68. The van der Waals surface area contributed by atoms with Crippen LogP contribution in [0.2, 0.25) is 0 Å². The predicted molar refractivity (Wildman–Crippen MR) is 98.2 cm³/mol. The maximum atomic E-state index is 14.6. The first-order valence-corrected chi connectivity index (χ1v) is 9.93. The summed E-state index contributed by atoms with van der Waals surface area (Å²) in [4.78, 5) is 27.9. The molecule has 1 aliphatic heterocycles. The zero-order chi connectivity index (χ0) is 22.6. The first kappa shape index (κ1) is 22.3. The maximum absolute atomic E-state index is 14.6. The largest absolute Gasteiger partial charge is 0.439 e. The van der Waals surface area contributed by atoms with E-state index >= 15 is 0 Å². The van der Waals surface area contributed by atoms with Gasteiger partial charge in [-0.25, -0.2) is 0 Å². The van der Waals surface area contributed by atoms with Crippen molar-refractivity contribution < 1.29 is 33.0 Å². The molecule has 0 aromatic carbocycles. The number of amides is 2. The second-order valence-electron chi connectivity index (χ2n) is 11.0. The van der Waals surface area contributed by atoms with Gasteiger partial charge in [-0.15, -0.1) is 0 Å². The number of aliphatic hydroxyl groups is 2. The second kappa shape index (κ2) is 5.46. The summed E-state index contributed by atoms with van der Waals surface area (Å²) in [5.41, 5.74) is -11.8. The molecule has 3 fully saturated rings. The number of hydrogen-bond donors (Lipinski definition) is 2. The van der Waals surface area contributed by atoms with Gasteiger partial charge in [-0.1, -0.05) is 41.5 Å². The molecule has 2 amide bonds. The smallest absolute Gasteiger partial charge is 0.369 e. The van der Waals surface area contributed by atoms with Gasteiger partial charge in [0, 0.05) is 10.8 Å². The van der Waals surface area contributed by atoms with Gasteiger partial charge in [-0.05, 0) is 32.6 Å². The number of rotatable bonds is 0. The Hall–Kier alpha value is -1.35. The summed E-state index contributed by atoms with van der Waals surface area (Å²) in [6.45, 7) is 10.4. The molecule has 2 aliphatic carbocycles. The number of alkyl halides is 3. The molecule has 1 heterocycles. The van der Waals surface area contributed by atoms with Gasteiger partial charge in [0.15, 0.2) is 5.72 Å². The van der Waals surface area contributed by atoms with Gasteiger partial charge in [0.2, 0.25) is 11.8 Å². The number of hydrogen-bond acceptors (Lipinski definition) is 4. The maximum Gasteiger partial charge on any atom is 0.439 e. The molecule has 2 atom stereocenters. The van der Waals surface area contributed by atoms with Crippen molar-refractivity contribution in [1.82, 2.24) is 9.80 Å². The molecule has 0 aromatic rings. The van der Waals surface area contributed by atoms with E-state index in [1.54, 1.807) is 20.8 Å². The molecule has 29 heavy (non-hydrogen) atoms. The number of nitrogens with zero attached hydrogens (tertiary/aromatic N) is 2. The Morgan fingerprint density at radius 3 is 1.38 bits per heavy atom. The molecule has 3 rings (SSSR count). The average molecular weight is 420 g/mol. The molecule has 0 unspecified atom stereocenters. The molecule has 3 aliphatic rings. The highest BCUT2D eigenvalue weighted by atomic mass is 19.4. The van der Waals surface area contributed by atoms with Gasteiger partial charge < -0.3 is 15.1 Å². The van der Waals surface area contributed by atoms with Crippen LogP contribution in [0, 0.1) is 10.8 Å². The molecule has 0 radical (unpaired) electrons. The molecule has 2 saturated carbocycles. The molecule has 0 bridgehead atoms. The highest BCUT2D eigenvalue weighted by Crippen LogP contribution is 2.70. The van der Waals surface area contributed by atoms with Gasteiger partial charge >= 0.3 is 6.18 Å². The standard InChI is InChI=1S/C20H31F3N2O4/c1-14(2,3)12(26)24-16(7,28)17(8-9-17)25(13(27)15(4,5)6)19(29,20(21,22)23)18(24)10-11-18/h28-29H,8-11H2,1-7H3/t16-,19+/m1/s1. The lowest BCUT2D eigenvalue weighted by Gasteiger charge is -2.65. The van der Waals surface area contributed by atoms with Crippen molar-refractivity contribution in [2.45, 2.75) is 103 Å². The van der Waals surface area contributed by atoms with Crippen LogP contribution in [0.4, 0.5) is 13.2 Å². The quantitative estimate of drug-likeness (QED) is 0.632. The summed E-state index contributed by atoms with van der Waals surface area (Å²) >= 11 is 0. The Morgan fingerprint density at radius 2 is 1.10 bits per heavy atom. The first-order valence-electron chi connectivity index (χ1n) is 9.93. The van der Waals surface area contributed by atoms with Crippen LogP contribution in [0.1, 0.15) is 74.1 Å². The van der Waals surface area contributed by atoms with Gasteiger partial charge in [-0.2, -0.15) is 13.2 Å². The summed E-state index contributed by atoms with van der Waals surface area (Å²) < 4.78 is 43.7. The number of carbonyl (C=O) groups is 2. The number of carbonyl (C=O) groups excluding carboxylic acids is 2. The fourth-order valence-corrected chi connectivity index (χ4v) is 4.81. The van der Waals surface area contributed by atoms with Crippen LogP contribution in [0.15, 0.2) is 0 Å². The molecule has 2 N–H and O–H groups in total. The van der Waals surface area contributed by atoms with Crippen LogP contribution in [-0.4, -0.2) is 60.5 Å². The van der Waals surface area contributed by atoms with Crippen molar-refractivity contribution in [3.8, 4) is 0 Å². The highest BCUT2D eigenvalue weighted by Gasteiger charge is 2.89. The van der Waals surface area contributed by atoms with Crippen LogP contribution in [-0.2, 0) is 9.59 Å². The minimum absolute atomic E-state index is 0.0597. The normalized spacial score (nSPS) is 33.2. The topological polar surface area (TPSA) is 81.1 Å². The molecule has 9 heteroatoms. The van der Waals surface area contributed by atoms with Crippen molar-refractivity contribution in [2.75, 3.05) is 0 Å². The van der Waals surface area contributed by atoms with Crippen LogP contribution >= 0.6 is 0 Å². The number of piperazine rings is 1. The molecular formula is C20H31F3N2O4. The first-order chi connectivity index (χ1) is 12.7. The molecule has 0 aromatic heterocycles. The minimum atomic E-state index is -5.22. The van der Waals surface area contributed by atoms with Crippen LogP contribution in [0.5, 0.6) is 0 Å². The van der Waals surface area contributed by atoms with Crippen molar-refractivity contribution >= 4 is 11.8 Å². The van der Waals surface area contributed by atoms with Crippen LogP contribution in [0.25, 0.3) is 0 Å². The third kappa shape index (κ3) is 2.55. The van der Waals surface area contributed by atoms with E-state index in [1.807, 2.05) is 0 Å². The fourth-order valence-electron chi connectivity index (χ4n) is 4.81. The lowest BCUT2D eigenvalue weighted by atomic mass is 9.77. The molecular weight excluding hydrogens is 389 g/mol. The van der Waals surface area contributed by atoms with Gasteiger partial charge in [0.25, 0.3) is 5.72 Å². The van der Waals surface area contributed by atoms with Crippen molar-refractivity contribution in [1.29, 1.82) is 0 Å². The summed E-state index contributed by atoms with van der Waals surface area (Å²) in [6.07, 6.45) is -5.42. The summed E-state index contributed by atoms with van der Waals surface area (Å²) in [7, 11) is 0. The summed E-state index contributed by atoms with van der Waals surface area (Å²) in [6, 6.07) is 0. The molecule has 2 spiro atoms. The van der Waals surface area contributed by atoms with Gasteiger partial charge in [0.05, 0.1) is 5.54 Å². The SMILES string of the molecule is CC(C)(C)C(=O)N1C2(CC2)[C@@](C)(O)N(C(=O)C(C)(C)C)C2(CC2)[C@]1(O)C(F)(F)F. The van der Waals surface area contributed by atoms with Crippen molar-refractivity contribution in [3.63, 3.8) is 0 Å². The monoisotopic (exact) mass is 420 g/mol. The van der Waals surface area contributed by atoms with Crippen LogP contribution in [0.3, 0.4) is 0 Å². The van der Waals surface area contributed by atoms with Gasteiger partial charge in [0.1, 0.15) is 5.54 Å². The zero-order valence-electron chi connectivity index (χ0n) is 18.1. The fraction of sp³-hybridized carbons (Fsp3) is 0.900. The van der Waals surface area contributed by atoms with E-state index in [9.17, 15) is 33.0 Å². The van der Waals surface area contributed by atoms with E-state index in [2.05, 4.69) is 0 Å². The summed E-state index contributed by atoms with van der Waals surface area (Å²) in [5, 5.41) is 22.9. The van der Waals surface area contributed by atoms with Crippen molar-refractivity contribution in [3.05, 3.63) is 0 Å². The average Bonchev–Trinajstić information content (AvgIpc) is 3.37. The van der Waals surface area contributed by atoms with Crippen molar-refractivity contribution in [2.24, 2.45) is 10.8 Å². The Balaban J connectivity index is 2.33. The van der Waals surface area contributed by atoms with E-state index in [0.717, 1.165) is 4.90 Å². The molecule has 166 valence electrons. The van der Waals surface area contributed by atoms with E-state index in [0.29, 0.717) is 4.90 Å². The molecule has 6 nitrogen and oxygen atoms in total. The Kier molecular flexibility index (Phi) is 4.21. The summed E-state index contributed by atoms with van der Waals surface area (Å²) in [5.74, 6) is -1.58. The minimum Gasteiger partial charge on any atom is -0.369 e. The number of halogens is 3. The predicted octanol–water partition coefficient (Wildman–Crippen LogP) is 2.77. The van der Waals surface area contributed by atoms with Crippen LogP contribution < -0.4 is 0 Å². The van der Waals surface area contributed by atoms with E-state index in [1.165, 1.54) is 27.7 Å². The molecule has 1 saturated heterocycles.